The van der Waals surface area contributed by atoms with Crippen LogP contribution in [0.4, 0.5) is 0 Å². The Kier molecular flexibility index (Phi) is 6.27. The molecular weight excluding hydrogens is 320 g/mol. The van der Waals surface area contributed by atoms with Gasteiger partial charge in [-0.05, 0) is 0 Å². The number of hydrogen-bond acceptors (Lipinski definition) is 11. The van der Waals surface area contributed by atoms with Crippen LogP contribution in [0.5, 0.6) is 0 Å². The molecule has 10 atom stereocenters. The summed E-state index contributed by atoms with van der Waals surface area (Å²) in [5, 5.41) is 75.8. The van der Waals surface area contributed by atoms with Crippen molar-refractivity contribution in [3.05, 3.63) is 0 Å². The van der Waals surface area contributed by atoms with Gasteiger partial charge in [-0.3, -0.25) is 0 Å². The average molecular weight is 342 g/mol. The Balaban J connectivity index is 1.86. The third-order valence-corrected chi connectivity index (χ3v) is 3.91. The molecule has 2 aliphatic heterocycles. The number of ether oxygens (including phenoxy) is 3. The molecule has 0 bridgehead atoms. The summed E-state index contributed by atoms with van der Waals surface area (Å²) in [6.07, 6.45) is -14.7. The Bertz CT molecular complexity index is 382. The number of hydrogen-bond donors (Lipinski definition) is 8. The van der Waals surface area contributed by atoms with Crippen molar-refractivity contribution in [3.63, 3.8) is 0 Å². The van der Waals surface area contributed by atoms with E-state index in [1.807, 2.05) is 0 Å². The number of aliphatic hydroxyl groups excluding tert-OH is 8. The van der Waals surface area contributed by atoms with Crippen molar-refractivity contribution in [2.75, 3.05) is 13.2 Å². The van der Waals surface area contributed by atoms with Crippen molar-refractivity contribution in [2.45, 2.75) is 61.4 Å². The van der Waals surface area contributed by atoms with Gasteiger partial charge in [0.15, 0.2) is 12.6 Å². The molecule has 0 spiro atoms. The van der Waals surface area contributed by atoms with Gasteiger partial charge < -0.3 is 55.1 Å². The van der Waals surface area contributed by atoms with Crippen LogP contribution in [0.25, 0.3) is 0 Å². The van der Waals surface area contributed by atoms with E-state index in [9.17, 15) is 35.7 Å². The second-order valence-electron chi connectivity index (χ2n) is 5.57. The van der Waals surface area contributed by atoms with E-state index in [0.29, 0.717) is 0 Å². The van der Waals surface area contributed by atoms with Crippen LogP contribution in [-0.2, 0) is 14.2 Å². The summed E-state index contributed by atoms with van der Waals surface area (Å²) in [6.45, 7) is -1.21. The predicted molar refractivity (Wildman–Crippen MR) is 68.6 cm³/mol. The highest BCUT2D eigenvalue weighted by molar-refractivity contribution is 4.92. The van der Waals surface area contributed by atoms with E-state index in [2.05, 4.69) is 0 Å². The first-order valence-corrected chi connectivity index (χ1v) is 7.07. The molecule has 2 aliphatic rings. The molecule has 8 N–H and O–H groups in total. The molecule has 2 heterocycles. The van der Waals surface area contributed by atoms with E-state index in [-0.39, 0.29) is 0 Å². The monoisotopic (exact) mass is 342 g/mol. The van der Waals surface area contributed by atoms with Crippen LogP contribution in [0.15, 0.2) is 0 Å². The summed E-state index contributed by atoms with van der Waals surface area (Å²) in [5.74, 6) is 0. The molecule has 0 amide bonds. The minimum absolute atomic E-state index is 0.516. The van der Waals surface area contributed by atoms with E-state index in [1.165, 1.54) is 0 Å². The molecule has 136 valence electrons. The summed E-state index contributed by atoms with van der Waals surface area (Å²) in [7, 11) is 0. The lowest BCUT2D eigenvalue weighted by Gasteiger charge is -2.23. The lowest BCUT2D eigenvalue weighted by atomic mass is 10.1. The summed E-state index contributed by atoms with van der Waals surface area (Å²) in [4.78, 5) is 0. The van der Waals surface area contributed by atoms with Crippen molar-refractivity contribution in [2.24, 2.45) is 0 Å². The van der Waals surface area contributed by atoms with Crippen LogP contribution in [0.3, 0.4) is 0 Å². The molecule has 0 aliphatic carbocycles. The van der Waals surface area contributed by atoms with Crippen LogP contribution in [0, 0.1) is 0 Å². The van der Waals surface area contributed by atoms with Crippen molar-refractivity contribution >= 4 is 0 Å². The molecular formula is C12H22O11. The van der Waals surface area contributed by atoms with Gasteiger partial charge >= 0.3 is 0 Å². The van der Waals surface area contributed by atoms with Gasteiger partial charge in [-0.25, -0.2) is 0 Å². The highest BCUT2D eigenvalue weighted by Crippen LogP contribution is 2.26. The first kappa shape index (κ1) is 18.9. The molecule has 2 saturated heterocycles. The first-order valence-electron chi connectivity index (χ1n) is 7.07. The highest BCUT2D eigenvalue weighted by Gasteiger charge is 2.48. The van der Waals surface area contributed by atoms with Crippen LogP contribution >= 0.6 is 0 Å². The Labute approximate surface area is 130 Å². The largest absolute Gasteiger partial charge is 0.394 e. The molecule has 0 saturated carbocycles. The highest BCUT2D eigenvalue weighted by atomic mass is 16.7. The minimum atomic E-state index is -1.65. The molecule has 0 aromatic rings. The summed E-state index contributed by atoms with van der Waals surface area (Å²) < 4.78 is 14.9. The lowest BCUT2D eigenvalue weighted by molar-refractivity contribution is -0.206. The molecule has 0 aromatic carbocycles. The van der Waals surface area contributed by atoms with Crippen LogP contribution in [-0.4, -0.2) is 115 Å². The maximum atomic E-state index is 9.87. The maximum absolute atomic E-state index is 9.87. The maximum Gasteiger partial charge on any atom is 0.186 e. The molecule has 2 rings (SSSR count). The van der Waals surface area contributed by atoms with Gasteiger partial charge in [0.25, 0.3) is 0 Å². The second-order valence-corrected chi connectivity index (χ2v) is 5.57. The first-order chi connectivity index (χ1) is 10.8. The Morgan fingerprint density at radius 2 is 1.35 bits per heavy atom. The topological polar surface area (TPSA) is 190 Å². The molecule has 11 heteroatoms. The van der Waals surface area contributed by atoms with Gasteiger partial charge in [-0.2, -0.15) is 0 Å². The smallest absolute Gasteiger partial charge is 0.186 e. The van der Waals surface area contributed by atoms with Gasteiger partial charge in [0.1, 0.15) is 48.8 Å². The molecule has 0 radical (unpaired) electrons. The Morgan fingerprint density at radius 1 is 0.783 bits per heavy atom. The summed E-state index contributed by atoms with van der Waals surface area (Å²) in [5.41, 5.74) is 0. The van der Waals surface area contributed by atoms with Crippen LogP contribution in [0.2, 0.25) is 0 Å². The van der Waals surface area contributed by atoms with Crippen molar-refractivity contribution in [1.29, 1.82) is 0 Å². The quantitative estimate of drug-likeness (QED) is 0.230. The van der Waals surface area contributed by atoms with E-state index in [0.717, 1.165) is 0 Å². The third kappa shape index (κ3) is 3.81. The number of aliphatic hydroxyl groups is 8. The number of rotatable bonds is 6. The van der Waals surface area contributed by atoms with E-state index in [1.54, 1.807) is 0 Å². The lowest BCUT2D eigenvalue weighted by Crippen LogP contribution is -2.43. The molecule has 2 fully saturated rings. The zero-order chi connectivity index (χ0) is 17.3. The van der Waals surface area contributed by atoms with Gasteiger partial charge in [0, 0.05) is 0 Å². The van der Waals surface area contributed by atoms with Gasteiger partial charge in [0.05, 0.1) is 13.2 Å². The van der Waals surface area contributed by atoms with Crippen LogP contribution in [0.1, 0.15) is 0 Å². The zero-order valence-corrected chi connectivity index (χ0v) is 12.0. The third-order valence-electron chi connectivity index (χ3n) is 3.91. The summed E-state index contributed by atoms with van der Waals surface area (Å²) in [6, 6.07) is 0. The van der Waals surface area contributed by atoms with Crippen molar-refractivity contribution in [3.8, 4) is 0 Å². The fraction of sp³-hybridized carbons (Fsp3) is 1.00. The standard InChI is InChI=1S/C12H22O11/c13-1-3(14)9-6(17)8(19)12(23-9)21-2-4(15)10-5(16)7(18)11(20)22-10/h3-20H,1-2H2/t3-,4-,5?,6?,7?,8?,9+,10+,11-,12-/m1/s1. The Hall–Kier alpha value is -0.440. The predicted octanol–water partition coefficient (Wildman–Crippen LogP) is -5.40. The zero-order valence-electron chi connectivity index (χ0n) is 12.0. The fourth-order valence-electron chi connectivity index (χ4n) is 2.52. The molecule has 23 heavy (non-hydrogen) atoms. The van der Waals surface area contributed by atoms with Crippen LogP contribution < -0.4 is 0 Å². The second kappa shape index (κ2) is 7.63. The van der Waals surface area contributed by atoms with Gasteiger partial charge in [-0.1, -0.05) is 0 Å². The van der Waals surface area contributed by atoms with Crippen molar-refractivity contribution in [1.82, 2.24) is 0 Å². The molecule has 0 aromatic heterocycles. The average Bonchev–Trinajstić information content (AvgIpc) is 2.96. The van der Waals surface area contributed by atoms with Gasteiger partial charge in [-0.15, -0.1) is 0 Å². The molecule has 11 nitrogen and oxygen atoms in total. The Morgan fingerprint density at radius 3 is 1.87 bits per heavy atom. The van der Waals surface area contributed by atoms with Crippen molar-refractivity contribution < 1.29 is 55.1 Å². The fourth-order valence-corrected chi connectivity index (χ4v) is 2.52. The normalized spacial score (nSPS) is 47.0. The van der Waals surface area contributed by atoms with E-state index < -0.39 is 74.6 Å². The van der Waals surface area contributed by atoms with E-state index in [4.69, 9.17) is 19.3 Å². The minimum Gasteiger partial charge on any atom is -0.394 e. The van der Waals surface area contributed by atoms with Gasteiger partial charge in [0.2, 0.25) is 0 Å². The van der Waals surface area contributed by atoms with E-state index >= 15 is 0 Å². The molecule has 4 unspecified atom stereocenters. The summed E-state index contributed by atoms with van der Waals surface area (Å²) >= 11 is 0. The SMILES string of the molecule is OC[C@@H](O)[C@@H]1O[C@@H](OC[C@@H](O)[C@@H]2O[C@@H](O)C(O)C2O)C(O)C1O.